The van der Waals surface area contributed by atoms with Crippen molar-refractivity contribution in [3.05, 3.63) is 87.7 Å². The zero-order valence-corrected chi connectivity index (χ0v) is 22.9. The number of nitrogens with zero attached hydrogens (tertiary/aromatic N) is 7. The maximum absolute atomic E-state index is 13.7. The summed E-state index contributed by atoms with van der Waals surface area (Å²) in [7, 11) is 0. The van der Waals surface area contributed by atoms with Crippen molar-refractivity contribution in [1.82, 2.24) is 29.9 Å². The highest BCUT2D eigenvalue weighted by atomic mass is 35.5. The first-order chi connectivity index (χ1) is 18.3. The minimum atomic E-state index is -0.267. The largest absolute Gasteiger partial charge is 0.368 e. The lowest BCUT2D eigenvalue weighted by Crippen LogP contribution is -2.49. The molecule has 1 aliphatic heterocycles. The monoisotopic (exact) mass is 551 g/mol. The Labute approximate surface area is 229 Å². The number of aromatic nitrogens is 5. The fraction of sp³-hybridized carbons (Fsp3) is 0.296. The Morgan fingerprint density at radius 1 is 0.947 bits per heavy atom. The van der Waals surface area contributed by atoms with E-state index in [1.807, 2.05) is 45.0 Å². The van der Waals surface area contributed by atoms with Crippen molar-refractivity contribution in [1.29, 1.82) is 0 Å². The van der Waals surface area contributed by atoms with Crippen molar-refractivity contribution in [2.24, 2.45) is 0 Å². The van der Waals surface area contributed by atoms with Crippen LogP contribution >= 0.6 is 23.4 Å². The SMILES string of the molecule is Cc1cc(C)nc(SCc2c(C(=O)N3CCN(c4ccc(F)cc4)CC3)nnn2-c2ccc(C)c(Cl)c2)n1. The van der Waals surface area contributed by atoms with Crippen LogP contribution in [0.15, 0.2) is 53.7 Å². The molecule has 0 radical (unpaired) electrons. The fourth-order valence-electron chi connectivity index (χ4n) is 4.38. The van der Waals surface area contributed by atoms with Crippen LogP contribution < -0.4 is 4.90 Å². The number of piperazine rings is 1. The third kappa shape index (κ3) is 5.66. The molecule has 0 N–H and O–H groups in total. The van der Waals surface area contributed by atoms with Gasteiger partial charge in [0, 0.05) is 54.0 Å². The van der Waals surface area contributed by atoms with Gasteiger partial charge >= 0.3 is 0 Å². The van der Waals surface area contributed by atoms with E-state index in [0.29, 0.717) is 53.5 Å². The molecule has 1 saturated heterocycles. The molecule has 11 heteroatoms. The second kappa shape index (κ2) is 11.1. The van der Waals surface area contributed by atoms with Gasteiger partial charge in [-0.25, -0.2) is 19.0 Å². The summed E-state index contributed by atoms with van der Waals surface area (Å²) in [5, 5.41) is 9.91. The van der Waals surface area contributed by atoms with Crippen LogP contribution in [0.5, 0.6) is 0 Å². The van der Waals surface area contributed by atoms with Crippen LogP contribution in [0, 0.1) is 26.6 Å². The van der Waals surface area contributed by atoms with E-state index in [-0.39, 0.29) is 11.7 Å². The maximum atomic E-state index is 13.7. The quantitative estimate of drug-likeness (QED) is 0.245. The second-order valence-corrected chi connectivity index (χ2v) is 10.6. The maximum Gasteiger partial charge on any atom is 0.276 e. The highest BCUT2D eigenvalue weighted by Gasteiger charge is 2.28. The number of thioether (sulfide) groups is 1. The molecule has 8 nitrogen and oxygen atoms in total. The average Bonchev–Trinajstić information content (AvgIpc) is 3.32. The third-order valence-corrected chi connectivity index (χ3v) is 7.69. The van der Waals surface area contributed by atoms with Crippen LogP contribution in [0.3, 0.4) is 0 Å². The summed E-state index contributed by atoms with van der Waals surface area (Å²) in [6.07, 6.45) is 0. The van der Waals surface area contributed by atoms with Gasteiger partial charge in [0.2, 0.25) is 0 Å². The molecule has 1 fully saturated rings. The topological polar surface area (TPSA) is 80.0 Å². The van der Waals surface area contributed by atoms with E-state index in [4.69, 9.17) is 11.6 Å². The minimum absolute atomic E-state index is 0.176. The first-order valence-electron chi connectivity index (χ1n) is 12.2. The predicted molar refractivity (Wildman–Crippen MR) is 147 cm³/mol. The number of carbonyl (C=O) groups is 1. The lowest BCUT2D eigenvalue weighted by atomic mass is 10.2. The van der Waals surface area contributed by atoms with Crippen LogP contribution in [-0.2, 0) is 5.75 Å². The number of anilines is 1. The Balaban J connectivity index is 1.40. The summed E-state index contributed by atoms with van der Waals surface area (Å²) in [5.41, 5.74) is 5.33. The third-order valence-electron chi connectivity index (χ3n) is 6.42. The van der Waals surface area contributed by atoms with E-state index in [1.54, 1.807) is 21.7 Å². The van der Waals surface area contributed by atoms with Crippen molar-refractivity contribution in [3.63, 3.8) is 0 Å². The Kier molecular flexibility index (Phi) is 7.62. The first kappa shape index (κ1) is 26.1. The van der Waals surface area contributed by atoms with Gasteiger partial charge in [0.1, 0.15) is 5.82 Å². The van der Waals surface area contributed by atoms with Gasteiger partial charge in [0.05, 0.1) is 11.4 Å². The van der Waals surface area contributed by atoms with Crippen LogP contribution in [0.2, 0.25) is 5.02 Å². The summed E-state index contributed by atoms with van der Waals surface area (Å²) in [5.74, 6) is -0.0415. The highest BCUT2D eigenvalue weighted by molar-refractivity contribution is 7.98. The molecule has 1 aliphatic rings. The lowest BCUT2D eigenvalue weighted by molar-refractivity contribution is 0.0740. The number of hydrogen-bond acceptors (Lipinski definition) is 7. The minimum Gasteiger partial charge on any atom is -0.368 e. The van der Waals surface area contributed by atoms with E-state index >= 15 is 0 Å². The number of benzene rings is 2. The van der Waals surface area contributed by atoms with E-state index in [9.17, 15) is 9.18 Å². The standard InChI is InChI=1S/C27H27ClFN7OS/c1-17-4-7-22(15-23(17)28)36-24(16-38-27-30-18(2)14-19(3)31-27)25(32-33-36)26(37)35-12-10-34(11-13-35)21-8-5-20(29)6-9-21/h4-9,14-15H,10-13,16H2,1-3H3. The zero-order chi connectivity index (χ0) is 26.8. The normalized spacial score (nSPS) is 13.7. The zero-order valence-electron chi connectivity index (χ0n) is 21.4. The lowest BCUT2D eigenvalue weighted by Gasteiger charge is -2.35. The van der Waals surface area contributed by atoms with Gasteiger partial charge in [-0.1, -0.05) is 34.6 Å². The van der Waals surface area contributed by atoms with Crippen molar-refractivity contribution in [2.75, 3.05) is 31.1 Å². The van der Waals surface area contributed by atoms with Crippen LogP contribution in [0.1, 0.15) is 33.1 Å². The number of aryl methyl sites for hydroxylation is 3. The van der Waals surface area contributed by atoms with Gasteiger partial charge in [-0.05, 0) is 68.8 Å². The second-order valence-electron chi connectivity index (χ2n) is 9.21. The molecule has 0 bridgehead atoms. The van der Waals surface area contributed by atoms with Crippen molar-refractivity contribution in [2.45, 2.75) is 31.7 Å². The van der Waals surface area contributed by atoms with E-state index in [1.165, 1.54) is 23.9 Å². The summed E-state index contributed by atoms with van der Waals surface area (Å²) in [6.45, 7) is 8.11. The molecule has 5 rings (SSSR count). The average molecular weight is 552 g/mol. The van der Waals surface area contributed by atoms with Gasteiger partial charge in [-0.2, -0.15) is 0 Å². The molecular formula is C27H27ClFN7OS. The van der Waals surface area contributed by atoms with Crippen LogP contribution in [0.4, 0.5) is 10.1 Å². The van der Waals surface area contributed by atoms with Gasteiger partial charge < -0.3 is 9.80 Å². The van der Waals surface area contributed by atoms with Gasteiger partial charge in [-0.15, -0.1) is 5.10 Å². The Hall–Kier alpha value is -3.50. The molecule has 4 aromatic rings. The Bertz CT molecular complexity index is 1450. The fourth-order valence-corrected chi connectivity index (χ4v) is 5.50. The molecule has 2 aromatic carbocycles. The van der Waals surface area contributed by atoms with Crippen molar-refractivity contribution in [3.8, 4) is 5.69 Å². The number of halogens is 2. The molecule has 38 heavy (non-hydrogen) atoms. The first-order valence-corrected chi connectivity index (χ1v) is 13.6. The molecule has 3 heterocycles. The van der Waals surface area contributed by atoms with Gasteiger partial charge in [0.25, 0.3) is 5.91 Å². The summed E-state index contributed by atoms with van der Waals surface area (Å²) in [4.78, 5) is 26.6. The molecule has 2 aromatic heterocycles. The van der Waals surface area contributed by atoms with E-state index < -0.39 is 0 Å². The molecule has 1 amide bonds. The molecule has 0 atom stereocenters. The van der Waals surface area contributed by atoms with Crippen molar-refractivity contribution < 1.29 is 9.18 Å². The predicted octanol–water partition coefficient (Wildman–Crippen LogP) is 5.03. The number of amides is 1. The molecule has 0 spiro atoms. The Morgan fingerprint density at radius 3 is 2.26 bits per heavy atom. The van der Waals surface area contributed by atoms with E-state index in [0.717, 1.165) is 28.3 Å². The summed E-state index contributed by atoms with van der Waals surface area (Å²) >= 11 is 7.83. The molecule has 0 aliphatic carbocycles. The van der Waals surface area contributed by atoms with Crippen molar-refractivity contribution >= 4 is 35.0 Å². The van der Waals surface area contributed by atoms with Crippen LogP contribution in [-0.4, -0.2) is 61.9 Å². The number of carbonyl (C=O) groups excluding carboxylic acids is 1. The Morgan fingerprint density at radius 2 is 1.61 bits per heavy atom. The number of hydrogen-bond donors (Lipinski definition) is 0. The van der Waals surface area contributed by atoms with E-state index in [2.05, 4.69) is 25.2 Å². The number of rotatable bonds is 6. The van der Waals surface area contributed by atoms with Gasteiger partial charge in [0.15, 0.2) is 10.9 Å². The molecule has 0 unspecified atom stereocenters. The van der Waals surface area contributed by atoms with Crippen LogP contribution in [0.25, 0.3) is 5.69 Å². The molecule has 196 valence electrons. The highest BCUT2D eigenvalue weighted by Crippen LogP contribution is 2.27. The smallest absolute Gasteiger partial charge is 0.276 e. The molecule has 0 saturated carbocycles. The summed E-state index contributed by atoms with van der Waals surface area (Å²) in [6, 6.07) is 14.0. The molecular weight excluding hydrogens is 525 g/mol. The summed E-state index contributed by atoms with van der Waals surface area (Å²) < 4.78 is 15.0. The van der Waals surface area contributed by atoms with Gasteiger partial charge in [-0.3, -0.25) is 4.79 Å².